The van der Waals surface area contributed by atoms with E-state index in [-0.39, 0.29) is 11.8 Å². The third-order valence-electron chi connectivity index (χ3n) is 5.57. The fourth-order valence-electron chi connectivity index (χ4n) is 3.87. The summed E-state index contributed by atoms with van der Waals surface area (Å²) < 4.78 is 26.7. The molecule has 0 radical (unpaired) electrons. The van der Waals surface area contributed by atoms with Gasteiger partial charge in [-0.25, -0.2) is 4.83 Å². The lowest BCUT2D eigenvalue weighted by Crippen LogP contribution is -2.25. The zero-order chi connectivity index (χ0) is 21.1. The molecule has 0 spiro atoms. The molecular weight excluding hydrogens is 368 g/mol. The number of hydrazone groups is 1. The van der Waals surface area contributed by atoms with E-state index in [4.69, 9.17) is 0 Å². The van der Waals surface area contributed by atoms with Crippen molar-refractivity contribution in [2.75, 3.05) is 0 Å². The quantitative estimate of drug-likeness (QED) is 0.422. The largest absolute Gasteiger partial charge is 0.277 e. The smallest absolute Gasteiger partial charge is 0.200 e. The number of allylic oxidation sites excluding steroid dienone is 1. The summed E-state index contributed by atoms with van der Waals surface area (Å²) in [5.74, 6) is 0.863. The van der Waals surface area contributed by atoms with Crippen LogP contribution in [0.1, 0.15) is 102 Å². The van der Waals surface area contributed by atoms with Crippen LogP contribution in [0.15, 0.2) is 34.8 Å². The van der Waals surface area contributed by atoms with Gasteiger partial charge in [0.2, 0.25) is 0 Å². The first-order chi connectivity index (χ1) is 13.1. The molecule has 0 heterocycles. The highest BCUT2D eigenvalue weighted by Crippen LogP contribution is 2.35. The molecule has 0 saturated heterocycles. The van der Waals surface area contributed by atoms with Crippen LogP contribution in [0.25, 0.3) is 0 Å². The van der Waals surface area contributed by atoms with Crippen molar-refractivity contribution in [2.24, 2.45) is 11.0 Å². The van der Waals surface area contributed by atoms with E-state index in [2.05, 4.69) is 42.5 Å². The number of benzene rings is 1. The van der Waals surface area contributed by atoms with Gasteiger partial charge in [0.05, 0.1) is 4.90 Å². The Morgan fingerprint density at radius 2 is 1.68 bits per heavy atom. The molecule has 0 bridgehead atoms. The summed E-state index contributed by atoms with van der Waals surface area (Å²) in [6, 6.07) is 4.11. The van der Waals surface area contributed by atoms with E-state index in [9.17, 15) is 8.42 Å². The fourth-order valence-corrected chi connectivity index (χ4v) is 5.41. The number of nitrogens with one attached hydrogen (secondary N) is 1. The first-order valence-electron chi connectivity index (χ1n) is 10.4. The molecule has 1 aromatic rings. The average Bonchev–Trinajstić information content (AvgIpc) is 3.06. The summed E-state index contributed by atoms with van der Waals surface area (Å²) in [6.07, 6.45) is 5.68. The van der Waals surface area contributed by atoms with E-state index in [0.717, 1.165) is 42.5 Å². The molecule has 0 aromatic heterocycles. The van der Waals surface area contributed by atoms with Crippen LogP contribution < -0.4 is 4.83 Å². The minimum atomic E-state index is -3.74. The minimum Gasteiger partial charge on any atom is -0.200 e. The van der Waals surface area contributed by atoms with Crippen molar-refractivity contribution in [2.45, 2.75) is 89.9 Å². The highest BCUT2D eigenvalue weighted by Gasteiger charge is 2.28. The average molecular weight is 405 g/mol. The van der Waals surface area contributed by atoms with Gasteiger partial charge >= 0.3 is 0 Å². The molecular formula is C23H36N2O2S. The summed E-state index contributed by atoms with van der Waals surface area (Å²) >= 11 is 0. The van der Waals surface area contributed by atoms with Crippen LogP contribution in [0.3, 0.4) is 0 Å². The third kappa shape index (κ3) is 5.05. The highest BCUT2D eigenvalue weighted by molar-refractivity contribution is 7.89. The number of hydrogen-bond donors (Lipinski definition) is 1. The molecule has 1 fully saturated rings. The Kier molecular flexibility index (Phi) is 7.49. The molecule has 4 nitrogen and oxygen atoms in total. The molecule has 0 aliphatic heterocycles. The van der Waals surface area contributed by atoms with Gasteiger partial charge < -0.3 is 0 Å². The van der Waals surface area contributed by atoms with Gasteiger partial charge in [0.15, 0.2) is 0 Å². The lowest BCUT2D eigenvalue weighted by molar-refractivity contribution is 0.578. The second kappa shape index (κ2) is 9.25. The van der Waals surface area contributed by atoms with Gasteiger partial charge in [0.25, 0.3) is 10.0 Å². The van der Waals surface area contributed by atoms with Crippen molar-refractivity contribution in [1.82, 2.24) is 4.83 Å². The molecule has 1 N–H and O–H groups in total. The van der Waals surface area contributed by atoms with Crippen LogP contribution in [-0.4, -0.2) is 14.1 Å². The van der Waals surface area contributed by atoms with Gasteiger partial charge in [-0.2, -0.15) is 13.5 Å². The standard InChI is InChI=1S/C23H36N2O2S/c1-8-10-18-11-9-12-22(18)24-25-28(26,27)23-20(16(4)5)13-19(15(2)3)14-21(23)17(6)7/h8,13-18,25H,1,9-12H2,2-7H3/b24-22+. The summed E-state index contributed by atoms with van der Waals surface area (Å²) in [5, 5.41) is 4.36. The molecule has 1 saturated carbocycles. The normalized spacial score (nSPS) is 19.2. The van der Waals surface area contributed by atoms with Crippen molar-refractivity contribution in [3.8, 4) is 0 Å². The first kappa shape index (κ1) is 22.7. The van der Waals surface area contributed by atoms with Gasteiger partial charge in [-0.15, -0.1) is 6.58 Å². The first-order valence-corrected chi connectivity index (χ1v) is 11.9. The lowest BCUT2D eigenvalue weighted by Gasteiger charge is -2.22. The minimum absolute atomic E-state index is 0.107. The number of sulfonamides is 1. The molecule has 1 atom stereocenters. The van der Waals surface area contributed by atoms with Crippen molar-refractivity contribution in [1.29, 1.82) is 0 Å². The number of hydrogen-bond acceptors (Lipinski definition) is 3. The van der Waals surface area contributed by atoms with Crippen LogP contribution in [-0.2, 0) is 10.0 Å². The Labute approximate surface area is 171 Å². The number of nitrogens with zero attached hydrogens (tertiary/aromatic N) is 1. The maximum Gasteiger partial charge on any atom is 0.277 e. The highest BCUT2D eigenvalue weighted by atomic mass is 32.2. The Bertz CT molecular complexity index is 807. The second-order valence-corrected chi connectivity index (χ2v) is 10.4. The molecule has 1 aromatic carbocycles. The maximum atomic E-state index is 13.3. The van der Waals surface area contributed by atoms with Gasteiger partial charge in [-0.05, 0) is 60.1 Å². The van der Waals surface area contributed by atoms with Crippen LogP contribution >= 0.6 is 0 Å². The van der Waals surface area contributed by atoms with Gasteiger partial charge in [-0.1, -0.05) is 59.8 Å². The van der Waals surface area contributed by atoms with Crippen LogP contribution in [0, 0.1) is 5.92 Å². The summed E-state index contributed by atoms with van der Waals surface area (Å²) in [6.45, 7) is 16.3. The van der Waals surface area contributed by atoms with E-state index >= 15 is 0 Å². The molecule has 2 rings (SSSR count). The van der Waals surface area contributed by atoms with Crippen LogP contribution in [0.2, 0.25) is 0 Å². The van der Waals surface area contributed by atoms with Crippen molar-refractivity contribution >= 4 is 15.7 Å². The Morgan fingerprint density at radius 3 is 2.14 bits per heavy atom. The van der Waals surface area contributed by atoms with Gasteiger partial charge in [-0.3, -0.25) is 0 Å². The zero-order valence-electron chi connectivity index (χ0n) is 18.2. The summed E-state index contributed by atoms with van der Waals surface area (Å²) in [4.78, 5) is 2.98. The molecule has 1 aliphatic rings. The van der Waals surface area contributed by atoms with E-state index in [1.54, 1.807) is 0 Å². The Morgan fingerprint density at radius 1 is 1.11 bits per heavy atom. The third-order valence-corrected chi connectivity index (χ3v) is 6.91. The lowest BCUT2D eigenvalue weighted by atomic mass is 9.89. The topological polar surface area (TPSA) is 58.5 Å². The van der Waals surface area contributed by atoms with Crippen LogP contribution in [0.5, 0.6) is 0 Å². The van der Waals surface area contributed by atoms with Crippen molar-refractivity contribution in [3.63, 3.8) is 0 Å². The second-order valence-electron chi connectivity index (χ2n) is 8.80. The molecule has 156 valence electrons. The van der Waals surface area contributed by atoms with E-state index < -0.39 is 10.0 Å². The SMILES string of the molecule is C=CCC1CCC/C1=N\NS(=O)(=O)c1c(C(C)C)cc(C(C)C)cc1C(C)C. The molecule has 1 unspecified atom stereocenters. The molecule has 5 heteroatoms. The monoisotopic (exact) mass is 404 g/mol. The predicted octanol–water partition coefficient (Wildman–Crippen LogP) is 6.07. The van der Waals surface area contributed by atoms with Crippen LogP contribution in [0.4, 0.5) is 0 Å². The van der Waals surface area contributed by atoms with E-state index in [1.807, 2.05) is 33.8 Å². The zero-order valence-corrected chi connectivity index (χ0v) is 19.1. The van der Waals surface area contributed by atoms with Gasteiger partial charge in [0, 0.05) is 11.6 Å². The van der Waals surface area contributed by atoms with Crippen molar-refractivity contribution < 1.29 is 8.42 Å². The molecule has 0 amide bonds. The summed E-state index contributed by atoms with van der Waals surface area (Å²) in [7, 11) is -3.74. The van der Waals surface area contributed by atoms with E-state index in [1.165, 1.54) is 5.56 Å². The Balaban J connectivity index is 2.53. The molecule has 1 aliphatic carbocycles. The predicted molar refractivity (Wildman–Crippen MR) is 119 cm³/mol. The summed E-state index contributed by atoms with van der Waals surface area (Å²) in [5.41, 5.74) is 3.87. The fraction of sp³-hybridized carbons (Fsp3) is 0.609. The maximum absolute atomic E-state index is 13.3. The molecule has 28 heavy (non-hydrogen) atoms. The number of rotatable bonds is 8. The Hall–Kier alpha value is -1.62. The van der Waals surface area contributed by atoms with Gasteiger partial charge in [0.1, 0.15) is 0 Å². The van der Waals surface area contributed by atoms with Crippen molar-refractivity contribution in [3.05, 3.63) is 41.5 Å². The van der Waals surface area contributed by atoms with E-state index in [0.29, 0.717) is 16.7 Å².